The number of carboxylic acid groups (broad SMARTS) is 1. The molecule has 30 heavy (non-hydrogen) atoms. The number of carbonyl (C=O) groups is 1. The van der Waals surface area contributed by atoms with E-state index in [9.17, 15) is 9.90 Å². The van der Waals surface area contributed by atoms with Gasteiger partial charge in [0.1, 0.15) is 11.6 Å². The second kappa shape index (κ2) is 9.51. The van der Waals surface area contributed by atoms with Crippen molar-refractivity contribution in [1.82, 2.24) is 19.9 Å². The molecule has 1 unspecified atom stereocenters. The van der Waals surface area contributed by atoms with E-state index < -0.39 is 5.97 Å². The number of fused-ring (bicyclic) bond motifs is 1. The minimum atomic E-state index is -0.781. The van der Waals surface area contributed by atoms with Crippen molar-refractivity contribution in [2.24, 2.45) is 5.92 Å². The highest BCUT2D eigenvalue weighted by Gasteiger charge is 2.34. The maximum Gasteiger partial charge on any atom is 0.305 e. The summed E-state index contributed by atoms with van der Waals surface area (Å²) in [6.07, 6.45) is 10.5. The Hall–Kier alpha value is -2.54. The van der Waals surface area contributed by atoms with E-state index in [1.807, 2.05) is 6.92 Å². The zero-order valence-corrected chi connectivity index (χ0v) is 17.7. The van der Waals surface area contributed by atoms with Crippen LogP contribution in [0.15, 0.2) is 24.5 Å². The Morgan fingerprint density at radius 3 is 2.83 bits per heavy atom. The topological polar surface area (TPSA) is 91.2 Å². The third-order valence-electron chi connectivity index (χ3n) is 6.23. The number of aromatic nitrogens is 3. The van der Waals surface area contributed by atoms with Gasteiger partial charge in [0.15, 0.2) is 0 Å². The van der Waals surface area contributed by atoms with Crippen LogP contribution in [0, 0.1) is 12.8 Å². The number of aliphatic carboxylic acids is 1. The monoisotopic (exact) mass is 409 g/mol. The normalized spacial score (nSPS) is 17.6. The molecule has 1 saturated heterocycles. The maximum atomic E-state index is 11.3. The number of anilines is 1. The van der Waals surface area contributed by atoms with Crippen molar-refractivity contribution >= 4 is 11.8 Å². The van der Waals surface area contributed by atoms with E-state index in [1.54, 1.807) is 12.4 Å². The summed E-state index contributed by atoms with van der Waals surface area (Å²) in [7, 11) is 0. The first-order chi connectivity index (χ1) is 14.6. The minimum Gasteiger partial charge on any atom is -0.481 e. The zero-order valence-electron chi connectivity index (χ0n) is 17.7. The smallest absolute Gasteiger partial charge is 0.305 e. The van der Waals surface area contributed by atoms with Crippen molar-refractivity contribution in [3.8, 4) is 0 Å². The van der Waals surface area contributed by atoms with Crippen molar-refractivity contribution in [3.63, 3.8) is 0 Å². The molecule has 0 saturated carbocycles. The van der Waals surface area contributed by atoms with Crippen LogP contribution in [0.25, 0.3) is 0 Å². The summed E-state index contributed by atoms with van der Waals surface area (Å²) >= 11 is 0. The van der Waals surface area contributed by atoms with Gasteiger partial charge < -0.3 is 10.4 Å². The minimum absolute atomic E-state index is 0.0944. The molecular weight excluding hydrogens is 378 g/mol. The lowest BCUT2D eigenvalue weighted by Crippen LogP contribution is -2.48. The summed E-state index contributed by atoms with van der Waals surface area (Å²) in [5.41, 5.74) is 3.42. The van der Waals surface area contributed by atoms with Gasteiger partial charge in [-0.25, -0.2) is 15.0 Å². The number of hydrogen-bond acceptors (Lipinski definition) is 6. The summed E-state index contributed by atoms with van der Waals surface area (Å²) in [6, 6.07) is 4.27. The molecule has 2 N–H and O–H groups in total. The third-order valence-corrected chi connectivity index (χ3v) is 6.23. The summed E-state index contributed by atoms with van der Waals surface area (Å²) in [4.78, 5) is 26.9. The Morgan fingerprint density at radius 1 is 1.27 bits per heavy atom. The molecule has 0 aromatic carbocycles. The summed E-state index contributed by atoms with van der Waals surface area (Å²) < 4.78 is 0. The van der Waals surface area contributed by atoms with Crippen molar-refractivity contribution in [2.75, 3.05) is 25.0 Å². The standard InChI is InChI=1S/C23H31N5O2/c1-16-25-12-19(13-26-16)21(11-22(29)30)28-14-17(15-28)5-2-3-7-20-9-8-18-6-4-10-24-23(18)27-20/h8-9,12-13,17,21H,2-7,10-11,14-15H2,1H3,(H,24,27)(H,29,30). The highest BCUT2D eigenvalue weighted by molar-refractivity contribution is 5.67. The Bertz CT molecular complexity index is 864. The van der Waals surface area contributed by atoms with Crippen LogP contribution in [0.5, 0.6) is 0 Å². The van der Waals surface area contributed by atoms with E-state index in [1.165, 1.54) is 30.5 Å². The highest BCUT2D eigenvalue weighted by Crippen LogP contribution is 2.33. The molecule has 1 atom stereocenters. The number of unbranched alkanes of at least 4 members (excludes halogenated alkanes) is 1. The third kappa shape index (κ3) is 5.14. The number of rotatable bonds is 9. The molecule has 4 heterocycles. The predicted molar refractivity (Wildman–Crippen MR) is 115 cm³/mol. The summed E-state index contributed by atoms with van der Waals surface area (Å²) in [5.74, 6) is 1.65. The molecule has 7 heteroatoms. The zero-order chi connectivity index (χ0) is 20.9. The van der Waals surface area contributed by atoms with E-state index in [0.29, 0.717) is 11.7 Å². The van der Waals surface area contributed by atoms with Gasteiger partial charge in [-0.2, -0.15) is 0 Å². The summed E-state index contributed by atoms with van der Waals surface area (Å²) in [6.45, 7) is 4.77. The van der Waals surface area contributed by atoms with Gasteiger partial charge in [-0.3, -0.25) is 9.69 Å². The Morgan fingerprint density at radius 2 is 2.07 bits per heavy atom. The van der Waals surface area contributed by atoms with E-state index in [-0.39, 0.29) is 12.5 Å². The largest absolute Gasteiger partial charge is 0.481 e. The van der Waals surface area contributed by atoms with Gasteiger partial charge in [0.2, 0.25) is 0 Å². The van der Waals surface area contributed by atoms with Crippen LogP contribution in [-0.4, -0.2) is 50.6 Å². The van der Waals surface area contributed by atoms with Gasteiger partial charge in [0, 0.05) is 49.3 Å². The number of aryl methyl sites for hydroxylation is 3. The molecule has 0 radical (unpaired) electrons. The lowest BCUT2D eigenvalue weighted by Gasteiger charge is -2.44. The van der Waals surface area contributed by atoms with Crippen molar-refractivity contribution < 1.29 is 9.90 Å². The molecule has 1 fully saturated rings. The number of pyridine rings is 1. The fourth-order valence-electron chi connectivity index (χ4n) is 4.49. The van der Waals surface area contributed by atoms with E-state index in [0.717, 1.165) is 50.3 Å². The number of likely N-dealkylation sites (tertiary alicyclic amines) is 1. The van der Waals surface area contributed by atoms with Crippen LogP contribution in [-0.2, 0) is 17.6 Å². The molecule has 0 bridgehead atoms. The molecule has 2 aliphatic rings. The van der Waals surface area contributed by atoms with Crippen molar-refractivity contribution in [3.05, 3.63) is 47.2 Å². The molecule has 0 spiro atoms. The van der Waals surface area contributed by atoms with Gasteiger partial charge in [-0.15, -0.1) is 0 Å². The van der Waals surface area contributed by atoms with Gasteiger partial charge in [-0.1, -0.05) is 12.5 Å². The van der Waals surface area contributed by atoms with Gasteiger partial charge in [-0.05, 0) is 56.6 Å². The lowest BCUT2D eigenvalue weighted by atomic mass is 9.89. The lowest BCUT2D eigenvalue weighted by molar-refractivity contribution is -0.139. The quantitative estimate of drug-likeness (QED) is 0.613. The first-order valence-electron chi connectivity index (χ1n) is 11.1. The Labute approximate surface area is 178 Å². The van der Waals surface area contributed by atoms with Crippen LogP contribution in [0.1, 0.15) is 60.8 Å². The van der Waals surface area contributed by atoms with Crippen molar-refractivity contribution in [2.45, 2.75) is 57.9 Å². The first-order valence-corrected chi connectivity index (χ1v) is 11.1. The molecule has 4 rings (SSSR count). The van der Waals surface area contributed by atoms with E-state index in [2.05, 4.69) is 32.3 Å². The number of nitrogens with zero attached hydrogens (tertiary/aromatic N) is 4. The molecule has 7 nitrogen and oxygen atoms in total. The molecule has 2 aliphatic heterocycles. The molecule has 2 aromatic rings. The predicted octanol–water partition coefficient (Wildman–Crippen LogP) is 3.40. The van der Waals surface area contributed by atoms with E-state index in [4.69, 9.17) is 4.98 Å². The fraction of sp³-hybridized carbons (Fsp3) is 0.565. The SMILES string of the molecule is Cc1ncc(C(CC(=O)O)N2CC(CCCCc3ccc4c(n3)NCCC4)C2)cn1. The molecular formula is C23H31N5O2. The molecule has 0 amide bonds. The molecule has 160 valence electrons. The summed E-state index contributed by atoms with van der Waals surface area (Å²) in [5, 5.41) is 12.7. The second-order valence-electron chi connectivity index (χ2n) is 8.58. The van der Waals surface area contributed by atoms with Crippen LogP contribution < -0.4 is 5.32 Å². The van der Waals surface area contributed by atoms with Crippen molar-refractivity contribution in [1.29, 1.82) is 0 Å². The Balaban J connectivity index is 1.21. The first kappa shape index (κ1) is 20.7. The van der Waals surface area contributed by atoms with Gasteiger partial charge in [0.25, 0.3) is 0 Å². The second-order valence-corrected chi connectivity index (χ2v) is 8.58. The average Bonchev–Trinajstić information content (AvgIpc) is 2.71. The van der Waals surface area contributed by atoms with E-state index >= 15 is 0 Å². The van der Waals surface area contributed by atoms with Crippen LogP contribution in [0.3, 0.4) is 0 Å². The molecule has 0 aliphatic carbocycles. The van der Waals surface area contributed by atoms with Gasteiger partial charge >= 0.3 is 5.97 Å². The number of carboxylic acids is 1. The Kier molecular flexibility index (Phi) is 6.57. The highest BCUT2D eigenvalue weighted by atomic mass is 16.4. The number of hydrogen-bond donors (Lipinski definition) is 2. The van der Waals surface area contributed by atoms with Gasteiger partial charge in [0.05, 0.1) is 6.42 Å². The molecule has 2 aromatic heterocycles. The fourth-order valence-corrected chi connectivity index (χ4v) is 4.49. The maximum absolute atomic E-state index is 11.3. The van der Waals surface area contributed by atoms with Crippen LogP contribution >= 0.6 is 0 Å². The van der Waals surface area contributed by atoms with Crippen LogP contribution in [0.4, 0.5) is 5.82 Å². The number of nitrogens with one attached hydrogen (secondary N) is 1. The average molecular weight is 410 g/mol. The van der Waals surface area contributed by atoms with Crippen LogP contribution in [0.2, 0.25) is 0 Å².